The minimum Gasteiger partial charge on any atom is -0.356 e. The lowest BCUT2D eigenvalue weighted by molar-refractivity contribution is -0.125. The Labute approximate surface area is 154 Å². The number of amides is 1. The molecule has 2 aromatic rings. The van der Waals surface area contributed by atoms with Gasteiger partial charge in [-0.3, -0.25) is 4.79 Å². The van der Waals surface area contributed by atoms with Crippen LogP contribution in [0.2, 0.25) is 0 Å². The van der Waals surface area contributed by atoms with Crippen LogP contribution in [0.5, 0.6) is 0 Å². The van der Waals surface area contributed by atoms with Gasteiger partial charge < -0.3 is 15.5 Å². The fraction of sp³-hybridized carbons (Fsp3) is 0.632. The van der Waals surface area contributed by atoms with Crippen LogP contribution in [0.3, 0.4) is 0 Å². The van der Waals surface area contributed by atoms with Crippen LogP contribution in [0, 0.1) is 11.8 Å². The Bertz CT molecular complexity index is 793. The monoisotopic (exact) mass is 356 g/mol. The van der Waals surface area contributed by atoms with Gasteiger partial charge in [0.2, 0.25) is 5.91 Å². The predicted molar refractivity (Wildman–Crippen MR) is 101 cm³/mol. The molecule has 140 valence electrons. The molecule has 1 fully saturated rings. The summed E-state index contributed by atoms with van der Waals surface area (Å²) in [5.74, 6) is 1.99. The normalized spacial score (nSPS) is 17.9. The molecule has 2 aromatic heterocycles. The zero-order valence-corrected chi connectivity index (χ0v) is 15.7. The van der Waals surface area contributed by atoms with Crippen LogP contribution in [-0.2, 0) is 17.6 Å². The summed E-state index contributed by atoms with van der Waals surface area (Å²) in [6.45, 7) is 8.56. The molecule has 1 saturated heterocycles. The fourth-order valence-corrected chi connectivity index (χ4v) is 3.79. The van der Waals surface area contributed by atoms with Gasteiger partial charge in [-0.15, -0.1) is 0 Å². The van der Waals surface area contributed by atoms with Crippen LogP contribution in [0.4, 0.5) is 5.82 Å². The standard InChI is InChI=1S/C19H28N6O/c1-13(2)3-9-21-18(26)14-11-24(12-14)19-15-4-7-20-8-5-16(15)23-17-6-10-22-25(17)19/h6,10,13-14,20H,3-5,7-9,11-12H2,1-2H3,(H,21,26). The smallest absolute Gasteiger partial charge is 0.226 e. The number of hydrogen-bond donors (Lipinski definition) is 2. The zero-order chi connectivity index (χ0) is 18.1. The Morgan fingerprint density at radius 3 is 2.96 bits per heavy atom. The third-order valence-corrected chi connectivity index (χ3v) is 5.35. The lowest BCUT2D eigenvalue weighted by Gasteiger charge is -2.41. The Morgan fingerprint density at radius 1 is 1.35 bits per heavy atom. The van der Waals surface area contributed by atoms with Crippen LogP contribution < -0.4 is 15.5 Å². The second kappa shape index (κ2) is 7.23. The molecule has 0 atom stereocenters. The van der Waals surface area contributed by atoms with Gasteiger partial charge in [0.25, 0.3) is 0 Å². The second-order valence-corrected chi connectivity index (χ2v) is 7.79. The summed E-state index contributed by atoms with van der Waals surface area (Å²) in [5.41, 5.74) is 3.35. The van der Waals surface area contributed by atoms with E-state index in [-0.39, 0.29) is 11.8 Å². The van der Waals surface area contributed by atoms with E-state index >= 15 is 0 Å². The van der Waals surface area contributed by atoms with E-state index in [0.29, 0.717) is 5.92 Å². The average molecular weight is 356 g/mol. The maximum atomic E-state index is 12.4. The molecule has 2 N–H and O–H groups in total. The van der Waals surface area contributed by atoms with Crippen LogP contribution in [-0.4, -0.2) is 53.2 Å². The summed E-state index contributed by atoms with van der Waals surface area (Å²) in [7, 11) is 0. The van der Waals surface area contributed by atoms with Crippen molar-refractivity contribution < 1.29 is 4.79 Å². The lowest BCUT2D eigenvalue weighted by atomic mass is 9.97. The summed E-state index contributed by atoms with van der Waals surface area (Å²) in [4.78, 5) is 19.5. The van der Waals surface area contributed by atoms with Gasteiger partial charge in [-0.25, -0.2) is 4.98 Å². The molecule has 7 nitrogen and oxygen atoms in total. The van der Waals surface area contributed by atoms with Gasteiger partial charge in [0.15, 0.2) is 5.65 Å². The van der Waals surface area contributed by atoms with E-state index in [1.165, 1.54) is 11.3 Å². The first kappa shape index (κ1) is 17.3. The molecule has 1 amide bonds. The van der Waals surface area contributed by atoms with E-state index in [2.05, 4.69) is 34.5 Å². The van der Waals surface area contributed by atoms with Gasteiger partial charge >= 0.3 is 0 Å². The molecule has 0 spiro atoms. The quantitative estimate of drug-likeness (QED) is 0.837. The Balaban J connectivity index is 1.50. The fourth-order valence-electron chi connectivity index (χ4n) is 3.79. The Kier molecular flexibility index (Phi) is 4.80. The molecule has 0 unspecified atom stereocenters. The van der Waals surface area contributed by atoms with Crippen LogP contribution >= 0.6 is 0 Å². The van der Waals surface area contributed by atoms with E-state index in [1.54, 1.807) is 6.20 Å². The maximum Gasteiger partial charge on any atom is 0.226 e. The van der Waals surface area contributed by atoms with Crippen molar-refractivity contribution in [3.63, 3.8) is 0 Å². The third kappa shape index (κ3) is 3.28. The highest BCUT2D eigenvalue weighted by Gasteiger charge is 2.36. The van der Waals surface area contributed by atoms with E-state index in [4.69, 9.17) is 4.98 Å². The highest BCUT2D eigenvalue weighted by Crippen LogP contribution is 2.31. The zero-order valence-electron chi connectivity index (χ0n) is 15.7. The van der Waals surface area contributed by atoms with E-state index in [0.717, 1.165) is 63.5 Å². The number of nitrogens with zero attached hydrogens (tertiary/aromatic N) is 4. The number of nitrogens with one attached hydrogen (secondary N) is 2. The van der Waals surface area contributed by atoms with Crippen molar-refractivity contribution in [2.75, 3.05) is 37.6 Å². The van der Waals surface area contributed by atoms with Crippen LogP contribution in [0.25, 0.3) is 5.65 Å². The van der Waals surface area contributed by atoms with Gasteiger partial charge in [0.1, 0.15) is 5.82 Å². The molecular weight excluding hydrogens is 328 g/mol. The minimum atomic E-state index is 0.0699. The van der Waals surface area contributed by atoms with Crippen molar-refractivity contribution in [3.8, 4) is 0 Å². The van der Waals surface area contributed by atoms with Crippen molar-refractivity contribution in [1.29, 1.82) is 0 Å². The van der Waals surface area contributed by atoms with Gasteiger partial charge in [-0.1, -0.05) is 13.8 Å². The molecule has 26 heavy (non-hydrogen) atoms. The molecule has 0 bridgehead atoms. The van der Waals surface area contributed by atoms with Crippen molar-refractivity contribution in [3.05, 3.63) is 23.5 Å². The third-order valence-electron chi connectivity index (χ3n) is 5.35. The molecule has 7 heteroatoms. The number of aromatic nitrogens is 3. The number of carbonyl (C=O) groups is 1. The molecule has 0 aliphatic carbocycles. The lowest BCUT2D eigenvalue weighted by Crippen LogP contribution is -2.54. The van der Waals surface area contributed by atoms with Crippen molar-refractivity contribution in [1.82, 2.24) is 25.2 Å². The van der Waals surface area contributed by atoms with Crippen LogP contribution in [0.1, 0.15) is 31.5 Å². The predicted octanol–water partition coefficient (Wildman–Crippen LogP) is 1.02. The molecule has 2 aliphatic rings. The first-order chi connectivity index (χ1) is 12.6. The number of hydrogen-bond acceptors (Lipinski definition) is 5. The number of carbonyl (C=O) groups excluding carboxylic acids is 1. The van der Waals surface area contributed by atoms with E-state index in [9.17, 15) is 4.79 Å². The highest BCUT2D eigenvalue weighted by atomic mass is 16.2. The molecule has 0 aromatic carbocycles. The summed E-state index contributed by atoms with van der Waals surface area (Å²) in [6, 6.07) is 1.96. The van der Waals surface area contributed by atoms with Crippen molar-refractivity contribution in [2.45, 2.75) is 33.1 Å². The number of anilines is 1. The van der Waals surface area contributed by atoms with E-state index in [1.807, 2.05) is 10.6 Å². The molecule has 2 aliphatic heterocycles. The summed E-state index contributed by atoms with van der Waals surface area (Å²) in [6.07, 6.45) is 4.73. The maximum absolute atomic E-state index is 12.4. The second-order valence-electron chi connectivity index (χ2n) is 7.79. The Hall–Kier alpha value is -2.15. The Morgan fingerprint density at radius 2 is 2.15 bits per heavy atom. The first-order valence-electron chi connectivity index (χ1n) is 9.72. The minimum absolute atomic E-state index is 0.0699. The summed E-state index contributed by atoms with van der Waals surface area (Å²) < 4.78 is 1.94. The van der Waals surface area contributed by atoms with E-state index < -0.39 is 0 Å². The topological polar surface area (TPSA) is 74.6 Å². The molecule has 4 heterocycles. The summed E-state index contributed by atoms with van der Waals surface area (Å²) in [5, 5.41) is 11.0. The highest BCUT2D eigenvalue weighted by molar-refractivity contribution is 5.82. The largest absolute Gasteiger partial charge is 0.356 e. The van der Waals surface area contributed by atoms with Crippen molar-refractivity contribution >= 4 is 17.4 Å². The number of fused-ring (bicyclic) bond motifs is 2. The SMILES string of the molecule is CC(C)CCNC(=O)C1CN(c2c3c(nc4ccnn24)CCNCC3)C1. The molecule has 0 radical (unpaired) electrons. The molecular formula is C19H28N6O. The average Bonchev–Trinajstić information content (AvgIpc) is 2.89. The van der Waals surface area contributed by atoms with Gasteiger partial charge in [-0.2, -0.15) is 9.61 Å². The van der Waals surface area contributed by atoms with Gasteiger partial charge in [-0.05, 0) is 25.3 Å². The van der Waals surface area contributed by atoms with Gasteiger partial charge in [0, 0.05) is 44.2 Å². The summed E-state index contributed by atoms with van der Waals surface area (Å²) >= 11 is 0. The van der Waals surface area contributed by atoms with Crippen molar-refractivity contribution in [2.24, 2.45) is 11.8 Å². The van der Waals surface area contributed by atoms with Gasteiger partial charge in [0.05, 0.1) is 17.8 Å². The first-order valence-corrected chi connectivity index (χ1v) is 9.72. The molecule has 4 rings (SSSR count). The number of rotatable bonds is 5. The van der Waals surface area contributed by atoms with Crippen LogP contribution in [0.15, 0.2) is 12.3 Å². The molecule has 0 saturated carbocycles.